The number of anilines is 1. The zero-order valence-corrected chi connectivity index (χ0v) is 13.9. The second-order valence-corrected chi connectivity index (χ2v) is 6.19. The van der Waals surface area contributed by atoms with E-state index in [0.29, 0.717) is 11.4 Å². The van der Waals surface area contributed by atoms with Gasteiger partial charge in [0.25, 0.3) is 17.4 Å². The van der Waals surface area contributed by atoms with Gasteiger partial charge in [-0.05, 0) is 44.0 Å². The van der Waals surface area contributed by atoms with Crippen LogP contribution in [0.15, 0.2) is 48.5 Å². The summed E-state index contributed by atoms with van der Waals surface area (Å²) >= 11 is 0. The number of aryl methyl sites for hydroxylation is 1. The summed E-state index contributed by atoms with van der Waals surface area (Å²) in [6.45, 7) is 5.28. The average Bonchev–Trinajstić information content (AvgIpc) is 2.57. The van der Waals surface area contributed by atoms with Crippen LogP contribution in [0.25, 0.3) is 0 Å². The zero-order chi connectivity index (χ0) is 17.3. The standard InChI is InChI=1S/C19H20N2O3/c1-12-9-10-16-15(11-12)21-18(23)19(3,24-16)17(22)20-13(2)14-7-5-4-6-8-14/h4-11,13H,1-3H3,(H,20,22)(H,21,23). The van der Waals surface area contributed by atoms with E-state index in [9.17, 15) is 9.59 Å². The molecule has 2 atom stereocenters. The molecule has 2 unspecified atom stereocenters. The summed E-state index contributed by atoms with van der Waals surface area (Å²) in [7, 11) is 0. The van der Waals surface area contributed by atoms with E-state index in [1.54, 1.807) is 6.07 Å². The van der Waals surface area contributed by atoms with Crippen molar-refractivity contribution in [3.8, 4) is 5.75 Å². The number of carbonyl (C=O) groups excluding carboxylic acids is 2. The number of rotatable bonds is 3. The highest BCUT2D eigenvalue weighted by atomic mass is 16.5. The van der Waals surface area contributed by atoms with Crippen molar-refractivity contribution in [3.63, 3.8) is 0 Å². The molecule has 5 heteroatoms. The van der Waals surface area contributed by atoms with Crippen molar-refractivity contribution < 1.29 is 14.3 Å². The first-order valence-corrected chi connectivity index (χ1v) is 7.87. The fourth-order valence-corrected chi connectivity index (χ4v) is 2.65. The van der Waals surface area contributed by atoms with E-state index in [0.717, 1.165) is 11.1 Å². The topological polar surface area (TPSA) is 67.4 Å². The van der Waals surface area contributed by atoms with E-state index in [1.165, 1.54) is 6.92 Å². The van der Waals surface area contributed by atoms with Crippen LogP contribution >= 0.6 is 0 Å². The fraction of sp³-hybridized carbons (Fsp3) is 0.263. The number of nitrogens with one attached hydrogen (secondary N) is 2. The minimum Gasteiger partial charge on any atom is -0.466 e. The third kappa shape index (κ3) is 2.85. The summed E-state index contributed by atoms with van der Waals surface area (Å²) in [6, 6.07) is 14.8. The van der Waals surface area contributed by atoms with E-state index in [1.807, 2.05) is 56.3 Å². The minimum absolute atomic E-state index is 0.230. The van der Waals surface area contributed by atoms with Crippen LogP contribution in [-0.4, -0.2) is 17.4 Å². The fourth-order valence-electron chi connectivity index (χ4n) is 2.65. The number of fused-ring (bicyclic) bond motifs is 1. The molecule has 2 N–H and O–H groups in total. The second-order valence-electron chi connectivity index (χ2n) is 6.19. The summed E-state index contributed by atoms with van der Waals surface area (Å²) < 4.78 is 5.76. The molecular weight excluding hydrogens is 304 g/mol. The second kappa shape index (κ2) is 6.00. The number of amides is 2. The van der Waals surface area contributed by atoms with Crippen LogP contribution in [0, 0.1) is 6.92 Å². The Morgan fingerprint density at radius 3 is 2.62 bits per heavy atom. The Morgan fingerprint density at radius 1 is 1.21 bits per heavy atom. The van der Waals surface area contributed by atoms with Crippen molar-refractivity contribution in [2.45, 2.75) is 32.4 Å². The molecule has 24 heavy (non-hydrogen) atoms. The molecule has 2 amide bonds. The Kier molecular flexibility index (Phi) is 4.01. The first-order valence-electron chi connectivity index (χ1n) is 7.87. The summed E-state index contributed by atoms with van der Waals surface area (Å²) in [4.78, 5) is 25.1. The molecule has 2 aromatic rings. The molecule has 1 aliphatic rings. The minimum atomic E-state index is -1.61. The summed E-state index contributed by atoms with van der Waals surface area (Å²) in [5.41, 5.74) is 0.942. The van der Waals surface area contributed by atoms with Crippen molar-refractivity contribution in [1.82, 2.24) is 5.32 Å². The first-order chi connectivity index (χ1) is 11.4. The lowest BCUT2D eigenvalue weighted by atomic mass is 9.99. The van der Waals surface area contributed by atoms with Crippen molar-refractivity contribution in [3.05, 3.63) is 59.7 Å². The SMILES string of the molecule is Cc1ccc2c(c1)NC(=O)C(C)(C(=O)NC(C)c1ccccc1)O2. The van der Waals surface area contributed by atoms with Gasteiger partial charge < -0.3 is 15.4 Å². The van der Waals surface area contributed by atoms with Crippen LogP contribution < -0.4 is 15.4 Å². The van der Waals surface area contributed by atoms with Crippen LogP contribution in [-0.2, 0) is 9.59 Å². The number of benzene rings is 2. The number of ether oxygens (including phenoxy) is 1. The molecule has 2 aromatic carbocycles. The molecule has 0 aromatic heterocycles. The Labute approximate surface area is 141 Å². The average molecular weight is 324 g/mol. The van der Waals surface area contributed by atoms with Gasteiger partial charge >= 0.3 is 0 Å². The van der Waals surface area contributed by atoms with Gasteiger partial charge in [-0.1, -0.05) is 36.4 Å². The predicted octanol–water partition coefficient (Wildman–Crippen LogP) is 2.96. The van der Waals surface area contributed by atoms with Gasteiger partial charge in [0.05, 0.1) is 11.7 Å². The third-order valence-electron chi connectivity index (χ3n) is 4.21. The first kappa shape index (κ1) is 16.1. The molecule has 0 aliphatic carbocycles. The largest absolute Gasteiger partial charge is 0.466 e. The normalized spacial score (nSPS) is 20.4. The maximum absolute atomic E-state index is 12.7. The molecule has 0 bridgehead atoms. The van der Waals surface area contributed by atoms with Gasteiger partial charge in [0.2, 0.25) is 0 Å². The number of carbonyl (C=O) groups is 2. The van der Waals surface area contributed by atoms with Gasteiger partial charge in [0.1, 0.15) is 5.75 Å². The van der Waals surface area contributed by atoms with E-state index in [4.69, 9.17) is 4.74 Å². The molecule has 5 nitrogen and oxygen atoms in total. The van der Waals surface area contributed by atoms with Crippen molar-refractivity contribution in [2.24, 2.45) is 0 Å². The van der Waals surface area contributed by atoms with Crippen molar-refractivity contribution in [2.75, 3.05) is 5.32 Å². The Bertz CT molecular complexity index is 788. The third-order valence-corrected chi connectivity index (χ3v) is 4.21. The predicted molar refractivity (Wildman–Crippen MR) is 91.8 cm³/mol. The number of hydrogen-bond acceptors (Lipinski definition) is 3. The molecular formula is C19H20N2O3. The van der Waals surface area contributed by atoms with Crippen LogP contribution in [0.2, 0.25) is 0 Å². The van der Waals surface area contributed by atoms with Gasteiger partial charge in [-0.25, -0.2) is 0 Å². The van der Waals surface area contributed by atoms with E-state index in [-0.39, 0.29) is 6.04 Å². The lowest BCUT2D eigenvalue weighted by Gasteiger charge is -2.34. The maximum atomic E-state index is 12.7. The van der Waals surface area contributed by atoms with Crippen LogP contribution in [0.1, 0.15) is 31.0 Å². The molecule has 1 heterocycles. The van der Waals surface area contributed by atoms with Gasteiger partial charge in [0.15, 0.2) is 0 Å². The highest BCUT2D eigenvalue weighted by molar-refractivity contribution is 6.15. The van der Waals surface area contributed by atoms with Crippen molar-refractivity contribution in [1.29, 1.82) is 0 Å². The van der Waals surface area contributed by atoms with Gasteiger partial charge in [-0.15, -0.1) is 0 Å². The molecule has 3 rings (SSSR count). The summed E-state index contributed by atoms with van der Waals surface area (Å²) in [5.74, 6) is -0.453. The van der Waals surface area contributed by atoms with E-state index >= 15 is 0 Å². The molecule has 0 saturated carbocycles. The van der Waals surface area contributed by atoms with Crippen LogP contribution in [0.4, 0.5) is 5.69 Å². The zero-order valence-electron chi connectivity index (χ0n) is 13.9. The Hall–Kier alpha value is -2.82. The van der Waals surface area contributed by atoms with Crippen LogP contribution in [0.3, 0.4) is 0 Å². The Balaban J connectivity index is 1.81. The molecule has 124 valence electrons. The molecule has 0 spiro atoms. The highest BCUT2D eigenvalue weighted by Gasteiger charge is 2.47. The van der Waals surface area contributed by atoms with Gasteiger partial charge in [-0.2, -0.15) is 0 Å². The lowest BCUT2D eigenvalue weighted by molar-refractivity contribution is -0.147. The molecule has 0 saturated heterocycles. The van der Waals surface area contributed by atoms with E-state index < -0.39 is 17.4 Å². The van der Waals surface area contributed by atoms with E-state index in [2.05, 4.69) is 10.6 Å². The summed E-state index contributed by atoms with van der Waals surface area (Å²) in [6.07, 6.45) is 0. The lowest BCUT2D eigenvalue weighted by Crippen LogP contribution is -2.59. The molecule has 1 aliphatic heterocycles. The Morgan fingerprint density at radius 2 is 1.92 bits per heavy atom. The molecule has 0 fully saturated rings. The summed E-state index contributed by atoms with van der Waals surface area (Å²) in [5, 5.41) is 5.61. The monoisotopic (exact) mass is 324 g/mol. The smallest absolute Gasteiger partial charge is 0.278 e. The number of hydrogen-bond donors (Lipinski definition) is 2. The van der Waals surface area contributed by atoms with Crippen molar-refractivity contribution >= 4 is 17.5 Å². The molecule has 0 radical (unpaired) electrons. The maximum Gasteiger partial charge on any atom is 0.278 e. The quantitative estimate of drug-likeness (QED) is 0.853. The van der Waals surface area contributed by atoms with Gasteiger partial charge in [-0.3, -0.25) is 9.59 Å². The van der Waals surface area contributed by atoms with Gasteiger partial charge in [0, 0.05) is 0 Å². The highest BCUT2D eigenvalue weighted by Crippen LogP contribution is 2.34. The van der Waals surface area contributed by atoms with Crippen LogP contribution in [0.5, 0.6) is 5.75 Å².